The van der Waals surface area contributed by atoms with E-state index in [1.54, 1.807) is 11.0 Å². The fraction of sp³-hybridized carbons (Fsp3) is 0.611. The third kappa shape index (κ3) is 5.52. The molecular formula is C18H28NO4+. The average molecular weight is 322 g/mol. The Morgan fingerprint density at radius 1 is 1.22 bits per heavy atom. The van der Waals surface area contributed by atoms with Crippen LogP contribution in [-0.4, -0.2) is 51.5 Å². The molecule has 0 radical (unpaired) electrons. The Morgan fingerprint density at radius 2 is 1.91 bits per heavy atom. The second kappa shape index (κ2) is 8.89. The summed E-state index contributed by atoms with van der Waals surface area (Å²) in [6.07, 6.45) is 2.77. The number of rotatable bonds is 7. The van der Waals surface area contributed by atoms with E-state index in [0.717, 1.165) is 32.5 Å². The van der Waals surface area contributed by atoms with Crippen molar-refractivity contribution in [2.45, 2.75) is 38.9 Å². The van der Waals surface area contributed by atoms with Gasteiger partial charge in [0.05, 0.1) is 20.3 Å². The molecule has 1 saturated heterocycles. The zero-order chi connectivity index (χ0) is 16.7. The van der Waals surface area contributed by atoms with Gasteiger partial charge >= 0.3 is 5.97 Å². The lowest BCUT2D eigenvalue weighted by atomic mass is 10.2. The molecule has 5 heteroatoms. The van der Waals surface area contributed by atoms with E-state index in [1.807, 2.05) is 18.2 Å². The van der Waals surface area contributed by atoms with Crippen molar-refractivity contribution in [2.75, 3.05) is 33.4 Å². The average Bonchev–Trinajstić information content (AvgIpc) is 2.53. The highest BCUT2D eigenvalue weighted by Gasteiger charge is 2.24. The Morgan fingerprint density at radius 3 is 2.61 bits per heavy atom. The number of methoxy groups -OCH3 is 1. The van der Waals surface area contributed by atoms with Crippen molar-refractivity contribution >= 4 is 5.97 Å². The summed E-state index contributed by atoms with van der Waals surface area (Å²) in [5.41, 5.74) is 0.483. The van der Waals surface area contributed by atoms with Gasteiger partial charge in [-0.1, -0.05) is 12.1 Å². The van der Waals surface area contributed by atoms with Crippen LogP contribution in [0, 0.1) is 0 Å². The minimum absolute atomic E-state index is 0.344. The molecule has 0 aliphatic carbocycles. The summed E-state index contributed by atoms with van der Waals surface area (Å²) in [6.45, 7) is 8.20. The Bertz CT molecular complexity index is 496. The third-order valence-electron chi connectivity index (χ3n) is 4.09. The lowest BCUT2D eigenvalue weighted by Gasteiger charge is -2.32. The predicted molar refractivity (Wildman–Crippen MR) is 88.1 cm³/mol. The molecule has 1 aromatic rings. The first kappa shape index (κ1) is 17.8. The molecule has 0 aromatic heterocycles. The van der Waals surface area contributed by atoms with Crippen LogP contribution in [0.4, 0.5) is 0 Å². The van der Waals surface area contributed by atoms with Crippen LogP contribution in [0.1, 0.15) is 37.0 Å². The zero-order valence-corrected chi connectivity index (χ0v) is 14.3. The molecule has 3 atom stereocenters. The maximum Gasteiger partial charge on any atom is 0.341 e. The molecular weight excluding hydrogens is 294 g/mol. The van der Waals surface area contributed by atoms with E-state index >= 15 is 0 Å². The molecule has 1 aliphatic rings. The number of esters is 1. The highest BCUT2D eigenvalue weighted by Crippen LogP contribution is 2.19. The number of unbranched alkanes of at least 4 members (excludes halogenated alkanes) is 1. The van der Waals surface area contributed by atoms with Gasteiger partial charge in [-0.3, -0.25) is 0 Å². The molecule has 0 saturated carbocycles. The molecule has 1 heterocycles. The van der Waals surface area contributed by atoms with Crippen molar-refractivity contribution in [3.8, 4) is 5.75 Å². The van der Waals surface area contributed by atoms with E-state index in [4.69, 9.17) is 14.2 Å². The summed E-state index contributed by atoms with van der Waals surface area (Å²) in [5.74, 6) is 0.238. The number of morpholine rings is 1. The Hall–Kier alpha value is -1.59. The van der Waals surface area contributed by atoms with Crippen LogP contribution in [0.15, 0.2) is 24.3 Å². The maximum absolute atomic E-state index is 11.7. The molecule has 1 aromatic carbocycles. The predicted octanol–water partition coefficient (Wildman–Crippen LogP) is 1.32. The van der Waals surface area contributed by atoms with Crippen LogP contribution < -0.4 is 9.64 Å². The number of hydrogen-bond acceptors (Lipinski definition) is 4. The minimum Gasteiger partial charge on any atom is -0.493 e. The zero-order valence-electron chi connectivity index (χ0n) is 14.3. The summed E-state index contributed by atoms with van der Waals surface area (Å²) < 4.78 is 16.3. The van der Waals surface area contributed by atoms with Gasteiger partial charge < -0.3 is 19.1 Å². The van der Waals surface area contributed by atoms with E-state index in [2.05, 4.69) is 13.8 Å². The maximum atomic E-state index is 11.7. The van der Waals surface area contributed by atoms with Crippen LogP contribution in [0.3, 0.4) is 0 Å². The minimum atomic E-state index is -0.360. The van der Waals surface area contributed by atoms with Crippen molar-refractivity contribution in [1.29, 1.82) is 0 Å². The number of quaternary nitrogens is 1. The molecule has 128 valence electrons. The number of carbonyl (C=O) groups is 1. The van der Waals surface area contributed by atoms with Gasteiger partial charge in [-0.05, 0) is 38.8 Å². The Kier molecular flexibility index (Phi) is 6.86. The molecule has 0 bridgehead atoms. The molecule has 1 unspecified atom stereocenters. The normalized spacial score (nSPS) is 24.2. The number of carbonyl (C=O) groups excluding carboxylic acids is 1. The fourth-order valence-electron chi connectivity index (χ4n) is 3.12. The topological polar surface area (TPSA) is 49.2 Å². The number of nitrogens with one attached hydrogen (secondary N) is 1. The number of hydrogen-bond donors (Lipinski definition) is 1. The van der Waals surface area contributed by atoms with Crippen LogP contribution in [0.2, 0.25) is 0 Å². The van der Waals surface area contributed by atoms with Crippen LogP contribution in [-0.2, 0) is 9.47 Å². The molecule has 0 spiro atoms. The monoisotopic (exact) mass is 322 g/mol. The van der Waals surface area contributed by atoms with E-state index in [0.29, 0.717) is 30.1 Å². The van der Waals surface area contributed by atoms with Gasteiger partial charge in [0.2, 0.25) is 0 Å². The molecule has 2 rings (SSSR count). The summed E-state index contributed by atoms with van der Waals surface area (Å²) in [4.78, 5) is 13.3. The molecule has 5 nitrogen and oxygen atoms in total. The Balaban J connectivity index is 1.71. The Labute approximate surface area is 138 Å². The van der Waals surface area contributed by atoms with Gasteiger partial charge in [-0.2, -0.15) is 0 Å². The number of benzene rings is 1. The van der Waals surface area contributed by atoms with Crippen LogP contribution in [0.5, 0.6) is 5.75 Å². The van der Waals surface area contributed by atoms with Crippen molar-refractivity contribution in [3.05, 3.63) is 29.8 Å². The van der Waals surface area contributed by atoms with E-state index in [-0.39, 0.29) is 5.97 Å². The fourth-order valence-corrected chi connectivity index (χ4v) is 3.12. The van der Waals surface area contributed by atoms with E-state index in [9.17, 15) is 4.79 Å². The van der Waals surface area contributed by atoms with Gasteiger partial charge in [0, 0.05) is 0 Å². The summed E-state index contributed by atoms with van der Waals surface area (Å²) in [6, 6.07) is 7.20. The number of para-hydroxylation sites is 1. The molecule has 23 heavy (non-hydrogen) atoms. The second-order valence-corrected chi connectivity index (χ2v) is 6.21. The summed E-state index contributed by atoms with van der Waals surface area (Å²) >= 11 is 0. The first-order valence-electron chi connectivity index (χ1n) is 8.39. The standard InChI is InChI=1S/C18H27NO4/c1-14-12-19(13-15(2)23-14)10-6-7-11-22-17-9-5-4-8-16(17)18(20)21-3/h4-5,8-9,14-15H,6-7,10-13H2,1-3H3/p+1/t14-,15+. The lowest BCUT2D eigenvalue weighted by molar-refractivity contribution is -0.915. The van der Waals surface area contributed by atoms with Gasteiger partial charge in [0.25, 0.3) is 0 Å². The number of ether oxygens (including phenoxy) is 3. The third-order valence-corrected chi connectivity index (χ3v) is 4.09. The quantitative estimate of drug-likeness (QED) is 0.608. The van der Waals surface area contributed by atoms with Crippen LogP contribution in [0.25, 0.3) is 0 Å². The second-order valence-electron chi connectivity index (χ2n) is 6.21. The highest BCUT2D eigenvalue weighted by molar-refractivity contribution is 5.92. The SMILES string of the molecule is COC(=O)c1ccccc1OCCCC[NH+]1C[C@@H](C)O[C@@H](C)C1. The van der Waals surface area contributed by atoms with Crippen molar-refractivity contribution in [3.63, 3.8) is 0 Å². The van der Waals surface area contributed by atoms with Crippen LogP contribution >= 0.6 is 0 Å². The lowest BCUT2D eigenvalue weighted by Crippen LogP contribution is -3.15. The highest BCUT2D eigenvalue weighted by atomic mass is 16.5. The van der Waals surface area contributed by atoms with Gasteiger partial charge in [-0.25, -0.2) is 4.79 Å². The molecule has 1 fully saturated rings. The molecule has 1 aliphatic heterocycles. The molecule has 0 amide bonds. The van der Waals surface area contributed by atoms with E-state index in [1.165, 1.54) is 7.11 Å². The van der Waals surface area contributed by atoms with Gasteiger partial charge in [0.15, 0.2) is 0 Å². The van der Waals surface area contributed by atoms with E-state index < -0.39 is 0 Å². The van der Waals surface area contributed by atoms with Gasteiger partial charge in [-0.15, -0.1) is 0 Å². The first-order chi connectivity index (χ1) is 11.1. The molecule has 1 N–H and O–H groups in total. The van der Waals surface area contributed by atoms with Gasteiger partial charge in [0.1, 0.15) is 36.6 Å². The van der Waals surface area contributed by atoms with Crippen molar-refractivity contribution in [2.24, 2.45) is 0 Å². The summed E-state index contributed by atoms with van der Waals surface area (Å²) in [5, 5.41) is 0. The van der Waals surface area contributed by atoms with Crippen molar-refractivity contribution in [1.82, 2.24) is 0 Å². The largest absolute Gasteiger partial charge is 0.493 e. The van der Waals surface area contributed by atoms with Crippen molar-refractivity contribution < 1.29 is 23.9 Å². The summed E-state index contributed by atoms with van der Waals surface area (Å²) in [7, 11) is 1.38. The smallest absolute Gasteiger partial charge is 0.341 e. The first-order valence-corrected chi connectivity index (χ1v) is 8.39.